The lowest BCUT2D eigenvalue weighted by Gasteiger charge is -2.50. The lowest BCUT2D eigenvalue weighted by Crippen LogP contribution is -2.45. The number of fused-ring (bicyclic) bond motifs is 5. The van der Waals surface area contributed by atoms with Crippen molar-refractivity contribution in [1.29, 1.82) is 0 Å². The first-order valence-electron chi connectivity index (χ1n) is 11.2. The highest BCUT2D eigenvalue weighted by atomic mass is 32.2. The maximum atomic E-state index is 12.8. The largest absolute Gasteiger partial charge is 0.508 e. The number of phenolic OH excluding ortho intramolecular Hbond substituents is 1. The van der Waals surface area contributed by atoms with Crippen LogP contribution in [0, 0.1) is 17.3 Å². The van der Waals surface area contributed by atoms with E-state index in [4.69, 9.17) is 9.88 Å². The number of ether oxygens (including phenoxy) is 1. The quantitative estimate of drug-likeness (QED) is 0.682. The third-order valence-corrected chi connectivity index (χ3v) is 8.96. The Morgan fingerprint density at radius 3 is 2.72 bits per heavy atom. The lowest BCUT2D eigenvalue weighted by molar-refractivity contribution is -0.0428. The predicted octanol–water partition coefficient (Wildman–Crippen LogP) is 3.52. The lowest BCUT2D eigenvalue weighted by atomic mass is 9.55. The number of pyridine rings is 1. The van der Waals surface area contributed by atoms with E-state index in [0.717, 1.165) is 38.5 Å². The summed E-state index contributed by atoms with van der Waals surface area (Å²) in [5.41, 5.74) is 2.80. The Labute approximate surface area is 188 Å². The number of hydrogen-bond acceptors (Lipinski definition) is 6. The molecule has 5 rings (SSSR count). The number of nitrogens with two attached hydrogens (primary N) is 1. The summed E-state index contributed by atoms with van der Waals surface area (Å²) in [6, 6.07) is 8.42. The SMILES string of the molecule is C[C@]12CC[C@@H]3c4ccc(O)cc4CC[C@H]3[C@@H]1CC[C@@H]2OC(=O)c1ccc(S(N)(=O)=O)nc1. The van der Waals surface area contributed by atoms with E-state index in [1.807, 2.05) is 6.07 Å². The molecule has 1 aromatic heterocycles. The van der Waals surface area contributed by atoms with Gasteiger partial charge in [0, 0.05) is 11.6 Å². The molecule has 32 heavy (non-hydrogen) atoms. The Balaban J connectivity index is 1.33. The van der Waals surface area contributed by atoms with Crippen LogP contribution >= 0.6 is 0 Å². The third-order valence-electron chi connectivity index (χ3n) is 8.14. The number of aryl methyl sites for hydroxylation is 1. The summed E-state index contributed by atoms with van der Waals surface area (Å²) in [5, 5.41) is 14.7. The molecule has 0 saturated heterocycles. The normalized spacial score (nSPS) is 31.3. The second-order valence-electron chi connectivity index (χ2n) is 9.74. The summed E-state index contributed by atoms with van der Waals surface area (Å²) in [6.45, 7) is 2.26. The second-order valence-corrected chi connectivity index (χ2v) is 11.3. The minimum absolute atomic E-state index is 0.0702. The Kier molecular flexibility index (Phi) is 5.05. The van der Waals surface area contributed by atoms with Crippen LogP contribution < -0.4 is 5.14 Å². The summed E-state index contributed by atoms with van der Waals surface area (Å²) in [4.78, 5) is 16.6. The van der Waals surface area contributed by atoms with Crippen molar-refractivity contribution in [3.05, 3.63) is 53.2 Å². The summed E-state index contributed by atoms with van der Waals surface area (Å²) >= 11 is 0. The van der Waals surface area contributed by atoms with E-state index in [1.165, 1.54) is 29.5 Å². The molecule has 170 valence electrons. The molecule has 7 nitrogen and oxygen atoms in total. The monoisotopic (exact) mass is 456 g/mol. The van der Waals surface area contributed by atoms with E-state index < -0.39 is 16.0 Å². The van der Waals surface area contributed by atoms with Gasteiger partial charge in [0.25, 0.3) is 10.0 Å². The van der Waals surface area contributed by atoms with Gasteiger partial charge >= 0.3 is 5.97 Å². The highest BCUT2D eigenvalue weighted by Crippen LogP contribution is 2.61. The van der Waals surface area contributed by atoms with Crippen molar-refractivity contribution in [2.75, 3.05) is 0 Å². The van der Waals surface area contributed by atoms with Crippen LogP contribution in [0.25, 0.3) is 0 Å². The van der Waals surface area contributed by atoms with Gasteiger partial charge in [-0.05, 0) is 91.7 Å². The third kappa shape index (κ3) is 3.49. The van der Waals surface area contributed by atoms with Gasteiger partial charge < -0.3 is 9.84 Å². The van der Waals surface area contributed by atoms with E-state index in [2.05, 4.69) is 18.0 Å². The van der Waals surface area contributed by atoms with Gasteiger partial charge in [-0.15, -0.1) is 0 Å². The number of benzene rings is 1. The number of nitrogens with zero attached hydrogens (tertiary/aromatic N) is 1. The van der Waals surface area contributed by atoms with E-state index in [0.29, 0.717) is 23.5 Å². The number of aromatic nitrogens is 1. The fourth-order valence-corrected chi connectivity index (χ4v) is 7.04. The number of hydrogen-bond donors (Lipinski definition) is 2. The van der Waals surface area contributed by atoms with E-state index in [1.54, 1.807) is 6.07 Å². The van der Waals surface area contributed by atoms with Crippen molar-refractivity contribution < 1.29 is 23.1 Å². The number of esters is 1. The van der Waals surface area contributed by atoms with Crippen molar-refractivity contribution in [1.82, 2.24) is 4.98 Å². The maximum Gasteiger partial charge on any atom is 0.339 e. The summed E-state index contributed by atoms with van der Waals surface area (Å²) in [7, 11) is -3.91. The number of carbonyl (C=O) groups excluding carboxylic acids is 1. The molecular weight excluding hydrogens is 428 g/mol. The van der Waals surface area contributed by atoms with Gasteiger partial charge in [-0.3, -0.25) is 0 Å². The minimum Gasteiger partial charge on any atom is -0.508 e. The molecule has 0 aliphatic heterocycles. The molecular formula is C24H28N2O5S. The highest BCUT2D eigenvalue weighted by molar-refractivity contribution is 7.89. The van der Waals surface area contributed by atoms with Crippen LogP contribution in [0.2, 0.25) is 0 Å². The Hall–Kier alpha value is -2.45. The smallest absolute Gasteiger partial charge is 0.339 e. The van der Waals surface area contributed by atoms with Gasteiger partial charge in [0.2, 0.25) is 0 Å². The van der Waals surface area contributed by atoms with E-state index >= 15 is 0 Å². The molecule has 0 radical (unpaired) electrons. The van der Waals surface area contributed by atoms with Crippen molar-refractivity contribution in [3.63, 3.8) is 0 Å². The first kappa shape index (κ1) is 21.4. The molecule has 2 fully saturated rings. The van der Waals surface area contributed by atoms with E-state index in [9.17, 15) is 18.3 Å². The van der Waals surface area contributed by atoms with Crippen LogP contribution in [0.5, 0.6) is 5.75 Å². The second kappa shape index (κ2) is 7.56. The van der Waals surface area contributed by atoms with Crippen molar-refractivity contribution in [2.45, 2.75) is 62.5 Å². The number of primary sulfonamides is 1. The molecule has 5 atom stereocenters. The van der Waals surface area contributed by atoms with Gasteiger partial charge in [-0.25, -0.2) is 23.3 Å². The minimum atomic E-state index is -3.91. The summed E-state index contributed by atoms with van der Waals surface area (Å²) in [5.74, 6) is 1.41. The first-order chi connectivity index (χ1) is 15.2. The summed E-state index contributed by atoms with van der Waals surface area (Å²) < 4.78 is 28.7. The Morgan fingerprint density at radius 1 is 1.19 bits per heavy atom. The molecule has 0 bridgehead atoms. The molecule has 1 aromatic carbocycles. The molecule has 3 N–H and O–H groups in total. The van der Waals surface area contributed by atoms with Gasteiger partial charge in [-0.2, -0.15) is 0 Å². The number of sulfonamides is 1. The van der Waals surface area contributed by atoms with Crippen molar-refractivity contribution in [3.8, 4) is 5.75 Å². The Bertz CT molecular complexity index is 1160. The summed E-state index contributed by atoms with van der Waals surface area (Å²) in [6.07, 6.45) is 7.02. The first-order valence-corrected chi connectivity index (χ1v) is 12.7. The topological polar surface area (TPSA) is 120 Å². The molecule has 0 unspecified atom stereocenters. The molecule has 2 aromatic rings. The van der Waals surface area contributed by atoms with Crippen LogP contribution in [0.4, 0.5) is 0 Å². The predicted molar refractivity (Wildman–Crippen MR) is 118 cm³/mol. The molecule has 2 saturated carbocycles. The molecule has 3 aliphatic rings. The van der Waals surface area contributed by atoms with Crippen molar-refractivity contribution >= 4 is 16.0 Å². The van der Waals surface area contributed by atoms with Gasteiger partial charge in [0.05, 0.1) is 5.56 Å². The highest BCUT2D eigenvalue weighted by Gasteiger charge is 2.56. The van der Waals surface area contributed by atoms with Gasteiger partial charge in [-0.1, -0.05) is 13.0 Å². The van der Waals surface area contributed by atoms with E-state index in [-0.39, 0.29) is 22.1 Å². The van der Waals surface area contributed by atoms with Crippen molar-refractivity contribution in [2.24, 2.45) is 22.4 Å². The number of carbonyl (C=O) groups is 1. The average molecular weight is 457 g/mol. The fourth-order valence-electron chi connectivity index (χ4n) is 6.58. The average Bonchev–Trinajstić information content (AvgIpc) is 3.09. The van der Waals surface area contributed by atoms with Crippen LogP contribution in [-0.2, 0) is 21.2 Å². The number of aromatic hydroxyl groups is 1. The zero-order valence-corrected chi connectivity index (χ0v) is 18.8. The fraction of sp³-hybridized carbons (Fsp3) is 0.500. The molecule has 3 aliphatic carbocycles. The van der Waals surface area contributed by atoms with Crippen LogP contribution in [0.1, 0.15) is 66.4 Å². The van der Waals surface area contributed by atoms with Gasteiger partial charge in [0.1, 0.15) is 11.9 Å². The standard InChI is InChI=1S/C24H28N2O5S/c1-24-11-10-18-17-6-4-16(27)12-14(17)2-5-19(18)20(24)7-8-21(24)31-23(28)15-3-9-22(26-13-15)32(25,29)30/h3-4,6,9,12-13,18-21,27H,2,5,7-8,10-11H2,1H3,(H2,25,29,30)/t18-,19-,20+,21+,24+/m1/s1. The molecule has 0 amide bonds. The van der Waals surface area contributed by atoms with Gasteiger partial charge in [0.15, 0.2) is 5.03 Å². The zero-order chi connectivity index (χ0) is 22.7. The Morgan fingerprint density at radius 2 is 2.00 bits per heavy atom. The van der Waals surface area contributed by atoms with Crippen LogP contribution in [0.15, 0.2) is 41.6 Å². The maximum absolute atomic E-state index is 12.8. The number of rotatable bonds is 3. The molecule has 1 heterocycles. The number of phenols is 1. The molecule has 8 heteroatoms. The molecule has 0 spiro atoms. The van der Waals surface area contributed by atoms with Crippen LogP contribution in [0.3, 0.4) is 0 Å². The van der Waals surface area contributed by atoms with Crippen LogP contribution in [-0.4, -0.2) is 30.6 Å². The zero-order valence-electron chi connectivity index (χ0n) is 18.0.